The number of piperidine rings is 1. The number of benzene rings is 1. The van der Waals surface area contributed by atoms with Crippen LogP contribution in [-0.4, -0.2) is 34.7 Å². The molecule has 5 heteroatoms. The molecule has 1 aliphatic heterocycles. The molecule has 0 aliphatic carbocycles. The number of Topliss-reactive ketones (excluding diaryl/α,β-unsaturated/α-hetero) is 1. The Balaban J connectivity index is 1.75. The molecule has 5 nitrogen and oxygen atoms in total. The smallest absolute Gasteiger partial charge is 0.272 e. The number of rotatable bonds is 6. The minimum atomic E-state index is -0.197. The first-order valence-corrected chi connectivity index (χ1v) is 9.84. The lowest BCUT2D eigenvalue weighted by Gasteiger charge is -2.26. The van der Waals surface area contributed by atoms with Crippen LogP contribution in [0.3, 0.4) is 0 Å². The summed E-state index contributed by atoms with van der Waals surface area (Å²) >= 11 is 0. The molecule has 27 heavy (non-hydrogen) atoms. The zero-order valence-electron chi connectivity index (χ0n) is 16.5. The molecule has 1 aromatic heterocycles. The van der Waals surface area contributed by atoms with Crippen molar-refractivity contribution >= 4 is 17.4 Å². The minimum Gasteiger partial charge on any atom is -0.354 e. The fourth-order valence-corrected chi connectivity index (χ4v) is 4.02. The van der Waals surface area contributed by atoms with Gasteiger partial charge in [-0.15, -0.1) is 0 Å². The van der Waals surface area contributed by atoms with Crippen LogP contribution < -0.4 is 5.32 Å². The zero-order valence-corrected chi connectivity index (χ0v) is 16.5. The monoisotopic (exact) mass is 367 g/mol. The summed E-state index contributed by atoms with van der Waals surface area (Å²) in [6.07, 6.45) is 4.49. The highest BCUT2D eigenvalue weighted by Gasteiger charge is 2.21. The van der Waals surface area contributed by atoms with Gasteiger partial charge in [0.05, 0.1) is 0 Å². The van der Waals surface area contributed by atoms with Crippen molar-refractivity contribution in [3.63, 3.8) is 0 Å². The number of likely N-dealkylation sites (tertiary alicyclic amines) is 1. The number of hydrogen-bond donors (Lipinski definition) is 2. The molecule has 0 atom stereocenters. The maximum Gasteiger partial charge on any atom is 0.272 e. The van der Waals surface area contributed by atoms with Crippen LogP contribution in [0.4, 0.5) is 5.69 Å². The average Bonchev–Trinajstić information content (AvgIpc) is 2.99. The fraction of sp³-hybridized carbons (Fsp3) is 0.455. The third kappa shape index (κ3) is 4.48. The van der Waals surface area contributed by atoms with Crippen molar-refractivity contribution in [1.82, 2.24) is 9.88 Å². The van der Waals surface area contributed by atoms with Gasteiger partial charge < -0.3 is 10.3 Å². The topological polar surface area (TPSA) is 65.2 Å². The number of anilines is 1. The molecule has 1 aliphatic rings. The molecule has 1 amide bonds. The van der Waals surface area contributed by atoms with Gasteiger partial charge in [0.25, 0.3) is 5.91 Å². The molecular formula is C22H29N3O2. The van der Waals surface area contributed by atoms with Crippen LogP contribution in [0.2, 0.25) is 0 Å². The Morgan fingerprint density at radius 2 is 1.93 bits per heavy atom. The van der Waals surface area contributed by atoms with Crippen LogP contribution in [0.15, 0.2) is 24.3 Å². The molecule has 1 aromatic carbocycles. The summed E-state index contributed by atoms with van der Waals surface area (Å²) in [4.78, 5) is 30.3. The first kappa shape index (κ1) is 19.4. The van der Waals surface area contributed by atoms with Crippen molar-refractivity contribution in [2.45, 2.75) is 53.0 Å². The van der Waals surface area contributed by atoms with Crippen LogP contribution in [0.1, 0.15) is 70.8 Å². The second kappa shape index (κ2) is 8.53. The lowest BCUT2D eigenvalue weighted by atomic mass is 10.0. The Kier molecular flexibility index (Phi) is 6.11. The summed E-state index contributed by atoms with van der Waals surface area (Å²) in [5.74, 6) is -0.208. The summed E-state index contributed by atoms with van der Waals surface area (Å²) in [7, 11) is 0. The molecule has 0 saturated carbocycles. The number of H-pyrrole nitrogens is 1. The number of aromatic amines is 1. The number of carbonyl (C=O) groups excluding carboxylic acids is 2. The van der Waals surface area contributed by atoms with Crippen molar-refractivity contribution < 1.29 is 9.59 Å². The lowest BCUT2D eigenvalue weighted by molar-refractivity contribution is 0.101. The Labute approximate surface area is 161 Å². The van der Waals surface area contributed by atoms with E-state index in [4.69, 9.17) is 0 Å². The average molecular weight is 367 g/mol. The Bertz CT molecular complexity index is 832. The van der Waals surface area contributed by atoms with E-state index in [1.807, 2.05) is 32.0 Å². The number of aryl methyl sites for hydroxylation is 1. The Hall–Kier alpha value is -2.40. The second-order valence-corrected chi connectivity index (χ2v) is 7.38. The van der Waals surface area contributed by atoms with Crippen molar-refractivity contribution in [3.8, 4) is 0 Å². The molecule has 2 aromatic rings. The van der Waals surface area contributed by atoms with Gasteiger partial charge in [0.1, 0.15) is 5.69 Å². The quantitative estimate of drug-likeness (QED) is 0.747. The van der Waals surface area contributed by atoms with E-state index in [1.54, 1.807) is 6.92 Å². The molecule has 144 valence electrons. The first-order chi connectivity index (χ1) is 13.0. The molecule has 2 N–H and O–H groups in total. The van der Waals surface area contributed by atoms with E-state index >= 15 is 0 Å². The van der Waals surface area contributed by atoms with Gasteiger partial charge in [-0.3, -0.25) is 14.5 Å². The number of amides is 1. The van der Waals surface area contributed by atoms with Crippen molar-refractivity contribution in [2.24, 2.45) is 0 Å². The highest BCUT2D eigenvalue weighted by molar-refractivity contribution is 6.07. The number of hydrogen-bond acceptors (Lipinski definition) is 3. The standard InChI is InChI=1S/C22H29N3O2/c1-4-19-20(16(3)26)15(2)23-21(19)22(27)24-18-10-8-9-17(13-18)14-25-11-6-5-7-12-25/h8-10,13,23H,4-7,11-12,14H2,1-3H3,(H,24,27). The summed E-state index contributed by atoms with van der Waals surface area (Å²) in [5.41, 5.74) is 4.67. The van der Waals surface area contributed by atoms with E-state index in [-0.39, 0.29) is 11.7 Å². The summed E-state index contributed by atoms with van der Waals surface area (Å²) in [6.45, 7) is 8.55. The second-order valence-electron chi connectivity index (χ2n) is 7.38. The van der Waals surface area contributed by atoms with Crippen LogP contribution >= 0.6 is 0 Å². The maximum absolute atomic E-state index is 12.8. The largest absolute Gasteiger partial charge is 0.354 e. The van der Waals surface area contributed by atoms with Crippen LogP contribution in [-0.2, 0) is 13.0 Å². The summed E-state index contributed by atoms with van der Waals surface area (Å²) in [5, 5.41) is 2.99. The summed E-state index contributed by atoms with van der Waals surface area (Å²) in [6, 6.07) is 8.04. The molecule has 0 radical (unpaired) electrons. The van der Waals surface area contributed by atoms with Crippen molar-refractivity contribution in [1.29, 1.82) is 0 Å². The van der Waals surface area contributed by atoms with E-state index in [0.29, 0.717) is 17.7 Å². The molecule has 0 spiro atoms. The minimum absolute atomic E-state index is 0.0109. The van der Waals surface area contributed by atoms with E-state index in [0.717, 1.165) is 36.6 Å². The Morgan fingerprint density at radius 3 is 2.59 bits per heavy atom. The van der Waals surface area contributed by atoms with Crippen LogP contribution in [0.25, 0.3) is 0 Å². The molecule has 0 bridgehead atoms. The van der Waals surface area contributed by atoms with Crippen molar-refractivity contribution in [3.05, 3.63) is 52.3 Å². The van der Waals surface area contributed by atoms with E-state index in [9.17, 15) is 9.59 Å². The van der Waals surface area contributed by atoms with Gasteiger partial charge in [-0.25, -0.2) is 0 Å². The van der Waals surface area contributed by atoms with E-state index in [2.05, 4.69) is 21.3 Å². The number of ketones is 1. The number of carbonyl (C=O) groups is 2. The highest BCUT2D eigenvalue weighted by Crippen LogP contribution is 2.22. The molecule has 3 rings (SSSR count). The maximum atomic E-state index is 12.8. The predicted molar refractivity (Wildman–Crippen MR) is 108 cm³/mol. The molecule has 0 unspecified atom stereocenters. The zero-order chi connectivity index (χ0) is 19.4. The lowest BCUT2D eigenvalue weighted by Crippen LogP contribution is -2.29. The normalized spacial score (nSPS) is 14.9. The van der Waals surface area contributed by atoms with Gasteiger partial charge in [0.15, 0.2) is 5.78 Å². The first-order valence-electron chi connectivity index (χ1n) is 9.84. The van der Waals surface area contributed by atoms with E-state index < -0.39 is 0 Å². The molecule has 1 fully saturated rings. The molecule has 1 saturated heterocycles. The number of aromatic nitrogens is 1. The van der Waals surface area contributed by atoms with Crippen molar-refractivity contribution in [2.75, 3.05) is 18.4 Å². The molecule has 2 heterocycles. The van der Waals surface area contributed by atoms with E-state index in [1.165, 1.54) is 24.8 Å². The van der Waals surface area contributed by atoms with Gasteiger partial charge in [0.2, 0.25) is 0 Å². The van der Waals surface area contributed by atoms with Gasteiger partial charge >= 0.3 is 0 Å². The van der Waals surface area contributed by atoms with Gasteiger partial charge in [-0.1, -0.05) is 25.5 Å². The predicted octanol–water partition coefficient (Wildman–Crippen LogP) is 4.33. The fourth-order valence-electron chi connectivity index (χ4n) is 4.02. The third-order valence-electron chi connectivity index (χ3n) is 5.26. The number of nitrogens with one attached hydrogen (secondary N) is 2. The van der Waals surface area contributed by atoms with Gasteiger partial charge in [0, 0.05) is 23.5 Å². The molecular weight excluding hydrogens is 338 g/mol. The third-order valence-corrected chi connectivity index (χ3v) is 5.26. The Morgan fingerprint density at radius 1 is 1.19 bits per heavy atom. The number of nitrogens with zero attached hydrogens (tertiary/aromatic N) is 1. The van der Waals surface area contributed by atoms with Crippen LogP contribution in [0.5, 0.6) is 0 Å². The van der Waals surface area contributed by atoms with Gasteiger partial charge in [-0.2, -0.15) is 0 Å². The van der Waals surface area contributed by atoms with Crippen LogP contribution in [0, 0.1) is 6.92 Å². The highest BCUT2D eigenvalue weighted by atomic mass is 16.2. The summed E-state index contributed by atoms with van der Waals surface area (Å²) < 4.78 is 0. The SMILES string of the molecule is CCc1c(C(=O)Nc2cccc(CN3CCCCC3)c2)[nH]c(C)c1C(C)=O. The van der Waals surface area contributed by atoms with Gasteiger partial charge in [-0.05, 0) is 69.5 Å².